The zero-order chi connectivity index (χ0) is 16.5. The van der Waals surface area contributed by atoms with E-state index in [4.69, 9.17) is 9.15 Å². The summed E-state index contributed by atoms with van der Waals surface area (Å²) in [4.78, 5) is 4.43. The van der Waals surface area contributed by atoms with Gasteiger partial charge in [0.25, 0.3) is 0 Å². The number of ether oxygens (including phenoxy) is 1. The Kier molecular flexibility index (Phi) is 3.50. The quantitative estimate of drug-likeness (QED) is 0.513. The van der Waals surface area contributed by atoms with Gasteiger partial charge >= 0.3 is 0 Å². The fraction of sp³-hybridized carbons (Fsp3) is 0.0500. The van der Waals surface area contributed by atoms with Crippen LogP contribution in [0.1, 0.15) is 0 Å². The molecule has 118 valence electrons. The van der Waals surface area contributed by atoms with Gasteiger partial charge in [0.15, 0.2) is 5.58 Å². The third-order valence-electron chi connectivity index (χ3n) is 3.86. The first-order valence-electron chi connectivity index (χ1n) is 7.54. The summed E-state index contributed by atoms with van der Waals surface area (Å²) in [5.41, 5.74) is 4.05. The fourth-order valence-corrected chi connectivity index (χ4v) is 2.65. The largest absolute Gasteiger partial charge is 0.497 e. The number of nitrogens with zero attached hydrogens (tertiary/aromatic N) is 1. The van der Waals surface area contributed by atoms with Crippen LogP contribution >= 0.6 is 0 Å². The molecule has 0 aliphatic carbocycles. The summed E-state index contributed by atoms with van der Waals surface area (Å²) in [6.07, 6.45) is 0. The van der Waals surface area contributed by atoms with Crippen LogP contribution in [0.3, 0.4) is 0 Å². The fourth-order valence-electron chi connectivity index (χ4n) is 2.65. The van der Waals surface area contributed by atoms with Gasteiger partial charge < -0.3 is 9.15 Å². The van der Waals surface area contributed by atoms with Gasteiger partial charge in [0, 0.05) is 5.56 Å². The van der Waals surface area contributed by atoms with E-state index in [0.717, 1.165) is 22.4 Å². The molecule has 24 heavy (non-hydrogen) atoms. The number of halogens is 1. The SMILES string of the molecule is COc1cccc(-c2ccc3nc(-c4cccc(F)c4)oc3c2)c1. The van der Waals surface area contributed by atoms with Crippen LogP contribution in [0.2, 0.25) is 0 Å². The van der Waals surface area contributed by atoms with E-state index < -0.39 is 0 Å². The highest BCUT2D eigenvalue weighted by molar-refractivity contribution is 5.82. The number of aromatic nitrogens is 1. The third kappa shape index (κ3) is 2.63. The van der Waals surface area contributed by atoms with Gasteiger partial charge in [0.2, 0.25) is 5.89 Å². The lowest BCUT2D eigenvalue weighted by Gasteiger charge is -2.04. The Balaban J connectivity index is 1.78. The van der Waals surface area contributed by atoms with Crippen LogP contribution in [0.4, 0.5) is 4.39 Å². The maximum absolute atomic E-state index is 13.4. The third-order valence-corrected chi connectivity index (χ3v) is 3.86. The predicted molar refractivity (Wildman–Crippen MR) is 91.4 cm³/mol. The first-order chi connectivity index (χ1) is 11.7. The van der Waals surface area contributed by atoms with E-state index in [-0.39, 0.29) is 5.82 Å². The highest BCUT2D eigenvalue weighted by Gasteiger charge is 2.10. The molecular formula is C20H14FNO2. The van der Waals surface area contributed by atoms with Crippen molar-refractivity contribution < 1.29 is 13.5 Å². The van der Waals surface area contributed by atoms with Crippen LogP contribution in [-0.4, -0.2) is 12.1 Å². The molecule has 3 nitrogen and oxygen atoms in total. The van der Waals surface area contributed by atoms with Gasteiger partial charge in [-0.25, -0.2) is 9.37 Å². The molecular weight excluding hydrogens is 305 g/mol. The van der Waals surface area contributed by atoms with Gasteiger partial charge in [-0.1, -0.05) is 24.3 Å². The van der Waals surface area contributed by atoms with Crippen molar-refractivity contribution in [3.63, 3.8) is 0 Å². The molecule has 0 atom stereocenters. The molecule has 1 aromatic heterocycles. The number of rotatable bonds is 3. The molecule has 0 radical (unpaired) electrons. The van der Waals surface area contributed by atoms with Crippen LogP contribution in [0.15, 0.2) is 71.1 Å². The molecule has 0 amide bonds. The molecule has 3 aromatic carbocycles. The van der Waals surface area contributed by atoms with Crippen LogP contribution in [0.5, 0.6) is 5.75 Å². The van der Waals surface area contributed by atoms with Gasteiger partial charge in [-0.05, 0) is 53.6 Å². The van der Waals surface area contributed by atoms with Crippen molar-refractivity contribution in [3.05, 3.63) is 72.5 Å². The Labute approximate surface area is 138 Å². The van der Waals surface area contributed by atoms with Crippen molar-refractivity contribution in [1.29, 1.82) is 0 Å². The lowest BCUT2D eigenvalue weighted by atomic mass is 10.1. The second kappa shape index (κ2) is 5.81. The number of hydrogen-bond donors (Lipinski definition) is 0. The van der Waals surface area contributed by atoms with Crippen molar-refractivity contribution in [3.8, 4) is 28.3 Å². The van der Waals surface area contributed by atoms with E-state index in [2.05, 4.69) is 4.98 Å². The van der Waals surface area contributed by atoms with Crippen molar-refractivity contribution in [2.24, 2.45) is 0 Å². The summed E-state index contributed by atoms with van der Waals surface area (Å²) in [6.45, 7) is 0. The normalized spacial score (nSPS) is 10.9. The Morgan fingerprint density at radius 1 is 0.875 bits per heavy atom. The van der Waals surface area contributed by atoms with E-state index in [1.54, 1.807) is 19.2 Å². The second-order valence-electron chi connectivity index (χ2n) is 5.44. The van der Waals surface area contributed by atoms with E-state index in [1.807, 2.05) is 42.5 Å². The summed E-state index contributed by atoms with van der Waals surface area (Å²) < 4.78 is 24.5. The van der Waals surface area contributed by atoms with Gasteiger partial charge in [-0.2, -0.15) is 0 Å². The Morgan fingerprint density at radius 3 is 2.50 bits per heavy atom. The van der Waals surface area contributed by atoms with E-state index >= 15 is 0 Å². The first kappa shape index (κ1) is 14.5. The predicted octanol–water partition coefficient (Wildman–Crippen LogP) is 5.31. The molecule has 4 heteroatoms. The molecule has 0 bridgehead atoms. The minimum Gasteiger partial charge on any atom is -0.497 e. The number of oxazole rings is 1. The molecule has 0 saturated heterocycles. The standard InChI is InChI=1S/C20H14FNO2/c1-23-17-7-3-4-13(11-17)14-8-9-18-19(12-14)24-20(22-18)15-5-2-6-16(21)10-15/h2-12H,1H3. The number of hydrogen-bond acceptors (Lipinski definition) is 3. The minimum atomic E-state index is -0.313. The van der Waals surface area contributed by atoms with E-state index in [9.17, 15) is 4.39 Å². The topological polar surface area (TPSA) is 35.3 Å². The molecule has 0 N–H and O–H groups in total. The molecule has 4 aromatic rings. The van der Waals surface area contributed by atoms with E-state index in [1.165, 1.54) is 12.1 Å². The van der Waals surface area contributed by atoms with Crippen LogP contribution in [0.25, 0.3) is 33.7 Å². The first-order valence-corrected chi connectivity index (χ1v) is 7.54. The highest BCUT2D eigenvalue weighted by atomic mass is 19.1. The number of benzene rings is 3. The van der Waals surface area contributed by atoms with Gasteiger partial charge in [-0.3, -0.25) is 0 Å². The second-order valence-corrected chi connectivity index (χ2v) is 5.44. The molecule has 0 saturated carbocycles. The summed E-state index contributed by atoms with van der Waals surface area (Å²) in [5, 5.41) is 0. The zero-order valence-electron chi connectivity index (χ0n) is 13.0. The molecule has 0 aliphatic heterocycles. The average molecular weight is 319 g/mol. The van der Waals surface area contributed by atoms with Crippen LogP contribution in [0, 0.1) is 5.82 Å². The zero-order valence-corrected chi connectivity index (χ0v) is 13.0. The molecule has 1 heterocycles. The average Bonchev–Trinajstić information content (AvgIpc) is 3.05. The van der Waals surface area contributed by atoms with Crippen molar-refractivity contribution in [2.75, 3.05) is 7.11 Å². The van der Waals surface area contributed by atoms with Gasteiger partial charge in [-0.15, -0.1) is 0 Å². The lowest BCUT2D eigenvalue weighted by molar-refractivity contribution is 0.415. The van der Waals surface area contributed by atoms with Crippen molar-refractivity contribution in [1.82, 2.24) is 4.98 Å². The summed E-state index contributed by atoms with van der Waals surface area (Å²) in [5.74, 6) is 0.893. The van der Waals surface area contributed by atoms with Crippen LogP contribution < -0.4 is 4.74 Å². The van der Waals surface area contributed by atoms with E-state index in [0.29, 0.717) is 17.0 Å². The lowest BCUT2D eigenvalue weighted by Crippen LogP contribution is -1.83. The number of methoxy groups -OCH3 is 1. The molecule has 4 rings (SSSR count). The Bertz CT molecular complexity index is 1020. The number of fused-ring (bicyclic) bond motifs is 1. The maximum atomic E-state index is 13.4. The monoisotopic (exact) mass is 319 g/mol. The summed E-state index contributed by atoms with van der Waals surface area (Å²) in [7, 11) is 1.64. The van der Waals surface area contributed by atoms with Crippen LogP contribution in [-0.2, 0) is 0 Å². The Morgan fingerprint density at radius 2 is 1.67 bits per heavy atom. The maximum Gasteiger partial charge on any atom is 0.227 e. The molecule has 0 spiro atoms. The molecule has 0 aliphatic rings. The summed E-state index contributed by atoms with van der Waals surface area (Å²) >= 11 is 0. The van der Waals surface area contributed by atoms with Gasteiger partial charge in [0.05, 0.1) is 7.11 Å². The summed E-state index contributed by atoms with van der Waals surface area (Å²) in [6, 6.07) is 19.8. The van der Waals surface area contributed by atoms with Crippen molar-refractivity contribution in [2.45, 2.75) is 0 Å². The van der Waals surface area contributed by atoms with Gasteiger partial charge in [0.1, 0.15) is 17.1 Å². The highest BCUT2D eigenvalue weighted by Crippen LogP contribution is 2.30. The molecule has 0 unspecified atom stereocenters. The minimum absolute atomic E-state index is 0.313. The smallest absolute Gasteiger partial charge is 0.227 e. The molecule has 0 fully saturated rings. The Hall–Kier alpha value is -3.14. The van der Waals surface area contributed by atoms with Crippen molar-refractivity contribution >= 4 is 11.1 Å².